The maximum absolute atomic E-state index is 12.2. The molecule has 1 aliphatic rings. The van der Waals surface area contributed by atoms with Crippen molar-refractivity contribution in [1.82, 2.24) is 15.8 Å². The molecule has 0 unspecified atom stereocenters. The van der Waals surface area contributed by atoms with Gasteiger partial charge in [0, 0.05) is 12.2 Å². The average Bonchev–Trinajstić information content (AvgIpc) is 3.23. The highest BCUT2D eigenvalue weighted by Crippen LogP contribution is 2.27. The summed E-state index contributed by atoms with van der Waals surface area (Å²) < 4.78 is 5.27. The normalized spacial score (nSPS) is 17.0. The number of carbonyl (C=O) groups excluding carboxylic acids is 2. The van der Waals surface area contributed by atoms with Crippen molar-refractivity contribution in [3.8, 4) is 10.6 Å². The van der Waals surface area contributed by atoms with Gasteiger partial charge in [0.05, 0.1) is 5.69 Å². The van der Waals surface area contributed by atoms with Crippen molar-refractivity contribution >= 4 is 23.2 Å². The average molecular weight is 331 g/mol. The molecule has 2 heterocycles. The van der Waals surface area contributed by atoms with Crippen LogP contribution in [0.1, 0.15) is 28.2 Å². The predicted octanol–water partition coefficient (Wildman–Crippen LogP) is 2.06. The maximum Gasteiger partial charge on any atom is 0.281 e. The summed E-state index contributed by atoms with van der Waals surface area (Å²) in [7, 11) is 0. The first-order chi connectivity index (χ1) is 11.1. The van der Waals surface area contributed by atoms with E-state index >= 15 is 0 Å². The van der Waals surface area contributed by atoms with E-state index < -0.39 is 6.10 Å². The minimum absolute atomic E-state index is 0.318. The Bertz CT molecular complexity index is 709. The Balaban J connectivity index is 1.65. The van der Waals surface area contributed by atoms with Gasteiger partial charge in [0.1, 0.15) is 16.0 Å². The number of hydrogen-bond acceptors (Lipinski definition) is 5. The lowest BCUT2D eigenvalue weighted by Crippen LogP contribution is -2.46. The Kier molecular flexibility index (Phi) is 4.68. The summed E-state index contributed by atoms with van der Waals surface area (Å²) in [5, 5.41) is 0.777. The fourth-order valence-corrected chi connectivity index (χ4v) is 3.32. The molecule has 0 bridgehead atoms. The molecule has 120 valence electrons. The largest absolute Gasteiger partial charge is 0.368 e. The highest BCUT2D eigenvalue weighted by atomic mass is 32.1. The molecule has 1 aromatic heterocycles. The molecular formula is C16H17N3O3S. The minimum Gasteiger partial charge on any atom is -0.368 e. The molecule has 0 saturated carbocycles. The summed E-state index contributed by atoms with van der Waals surface area (Å²) >= 11 is 1.30. The van der Waals surface area contributed by atoms with Gasteiger partial charge in [-0.05, 0) is 19.8 Å². The number of hydrogen-bond donors (Lipinski definition) is 2. The zero-order chi connectivity index (χ0) is 16.2. The van der Waals surface area contributed by atoms with Gasteiger partial charge in [-0.3, -0.25) is 20.4 Å². The van der Waals surface area contributed by atoms with Crippen molar-refractivity contribution in [2.45, 2.75) is 25.9 Å². The van der Waals surface area contributed by atoms with Gasteiger partial charge in [-0.1, -0.05) is 30.3 Å². The number of aryl methyl sites for hydroxylation is 1. The number of carbonyl (C=O) groups is 2. The first-order valence-electron chi connectivity index (χ1n) is 7.40. The van der Waals surface area contributed by atoms with Crippen molar-refractivity contribution in [1.29, 1.82) is 0 Å². The van der Waals surface area contributed by atoms with E-state index in [0.717, 1.165) is 17.0 Å². The van der Waals surface area contributed by atoms with E-state index in [2.05, 4.69) is 15.8 Å². The van der Waals surface area contributed by atoms with Crippen LogP contribution in [0.4, 0.5) is 0 Å². The number of benzene rings is 1. The molecule has 1 saturated heterocycles. The Hall–Kier alpha value is -2.25. The Morgan fingerprint density at radius 2 is 2.04 bits per heavy atom. The first kappa shape index (κ1) is 15.6. The molecule has 2 amide bonds. The summed E-state index contributed by atoms with van der Waals surface area (Å²) in [5.41, 5.74) is 6.45. The second-order valence-electron chi connectivity index (χ2n) is 5.24. The highest BCUT2D eigenvalue weighted by molar-refractivity contribution is 7.17. The maximum atomic E-state index is 12.2. The Morgan fingerprint density at radius 3 is 2.74 bits per heavy atom. The number of amides is 2. The SMILES string of the molecule is Cc1nc(-c2ccccc2)sc1C(=O)NNC(=O)[C@H]1CCCO1. The smallest absolute Gasteiger partial charge is 0.281 e. The van der Waals surface area contributed by atoms with Crippen molar-refractivity contribution in [3.05, 3.63) is 40.9 Å². The topological polar surface area (TPSA) is 80.3 Å². The second kappa shape index (κ2) is 6.89. The zero-order valence-corrected chi connectivity index (χ0v) is 13.5. The lowest BCUT2D eigenvalue weighted by molar-refractivity contribution is -0.130. The third kappa shape index (κ3) is 3.57. The number of nitrogens with zero attached hydrogens (tertiary/aromatic N) is 1. The standard InChI is InChI=1S/C16H17N3O3S/c1-10-13(23-16(17-10)11-6-3-2-4-7-11)15(21)19-18-14(20)12-8-5-9-22-12/h2-4,6-7,12H,5,8-9H2,1H3,(H,18,20)(H,19,21)/t12-/m1/s1. The molecule has 6 nitrogen and oxygen atoms in total. The van der Waals surface area contributed by atoms with Crippen LogP contribution in [0.3, 0.4) is 0 Å². The molecule has 2 aromatic rings. The molecule has 7 heteroatoms. The van der Waals surface area contributed by atoms with Gasteiger partial charge in [-0.25, -0.2) is 4.98 Å². The van der Waals surface area contributed by atoms with E-state index in [-0.39, 0.29) is 11.8 Å². The van der Waals surface area contributed by atoms with Crippen molar-refractivity contribution < 1.29 is 14.3 Å². The zero-order valence-electron chi connectivity index (χ0n) is 12.7. The van der Waals surface area contributed by atoms with Gasteiger partial charge in [-0.2, -0.15) is 0 Å². The fraction of sp³-hybridized carbons (Fsp3) is 0.312. The van der Waals surface area contributed by atoms with Gasteiger partial charge in [0.25, 0.3) is 11.8 Å². The van der Waals surface area contributed by atoms with Crippen LogP contribution in [0, 0.1) is 6.92 Å². The molecule has 0 spiro atoms. The first-order valence-corrected chi connectivity index (χ1v) is 8.21. The molecule has 1 fully saturated rings. The van der Waals surface area contributed by atoms with Crippen LogP contribution in [-0.4, -0.2) is 29.5 Å². The lowest BCUT2D eigenvalue weighted by Gasteiger charge is -2.10. The minimum atomic E-state index is -0.474. The summed E-state index contributed by atoms with van der Waals surface area (Å²) in [6, 6.07) is 9.66. The number of hydrazine groups is 1. The molecular weight excluding hydrogens is 314 g/mol. The molecule has 1 aliphatic heterocycles. The summed E-state index contributed by atoms with van der Waals surface area (Å²) in [4.78, 5) is 29.0. The molecule has 2 N–H and O–H groups in total. The second-order valence-corrected chi connectivity index (χ2v) is 6.24. The van der Waals surface area contributed by atoms with E-state index in [9.17, 15) is 9.59 Å². The van der Waals surface area contributed by atoms with Crippen LogP contribution >= 0.6 is 11.3 Å². The van der Waals surface area contributed by atoms with Gasteiger partial charge in [0.15, 0.2) is 0 Å². The predicted molar refractivity (Wildman–Crippen MR) is 86.9 cm³/mol. The fourth-order valence-electron chi connectivity index (χ4n) is 2.35. The number of rotatable bonds is 3. The molecule has 1 aromatic carbocycles. The third-order valence-corrected chi connectivity index (χ3v) is 4.75. The van der Waals surface area contributed by atoms with Crippen LogP contribution in [0.5, 0.6) is 0 Å². The molecule has 0 radical (unpaired) electrons. The van der Waals surface area contributed by atoms with E-state index in [1.165, 1.54) is 11.3 Å². The van der Waals surface area contributed by atoms with Crippen molar-refractivity contribution in [2.24, 2.45) is 0 Å². The van der Waals surface area contributed by atoms with Crippen LogP contribution < -0.4 is 10.9 Å². The number of nitrogens with one attached hydrogen (secondary N) is 2. The molecule has 1 atom stereocenters. The quantitative estimate of drug-likeness (QED) is 0.844. The van der Waals surface area contributed by atoms with Gasteiger partial charge >= 0.3 is 0 Å². The molecule has 3 rings (SSSR count). The van der Waals surface area contributed by atoms with Crippen molar-refractivity contribution in [2.75, 3.05) is 6.61 Å². The summed E-state index contributed by atoms with van der Waals surface area (Å²) in [6.45, 7) is 2.36. The van der Waals surface area contributed by atoms with E-state index in [1.807, 2.05) is 30.3 Å². The van der Waals surface area contributed by atoms with Crippen LogP contribution in [-0.2, 0) is 9.53 Å². The van der Waals surface area contributed by atoms with Crippen LogP contribution in [0.15, 0.2) is 30.3 Å². The Morgan fingerprint density at radius 1 is 1.26 bits per heavy atom. The number of ether oxygens (including phenoxy) is 1. The number of thiazole rings is 1. The third-order valence-electron chi connectivity index (χ3n) is 3.54. The summed E-state index contributed by atoms with van der Waals surface area (Å²) in [5.74, 6) is -0.685. The van der Waals surface area contributed by atoms with Crippen LogP contribution in [0.2, 0.25) is 0 Å². The highest BCUT2D eigenvalue weighted by Gasteiger charge is 2.24. The van der Waals surface area contributed by atoms with Gasteiger partial charge in [0.2, 0.25) is 0 Å². The Labute approximate surface area is 137 Å². The van der Waals surface area contributed by atoms with E-state index in [0.29, 0.717) is 23.6 Å². The van der Waals surface area contributed by atoms with Gasteiger partial charge in [-0.15, -0.1) is 11.3 Å². The van der Waals surface area contributed by atoms with Gasteiger partial charge < -0.3 is 4.74 Å². The van der Waals surface area contributed by atoms with Crippen LogP contribution in [0.25, 0.3) is 10.6 Å². The van der Waals surface area contributed by atoms with E-state index in [1.54, 1.807) is 6.92 Å². The molecule has 23 heavy (non-hydrogen) atoms. The molecule has 0 aliphatic carbocycles. The van der Waals surface area contributed by atoms with Crippen molar-refractivity contribution in [3.63, 3.8) is 0 Å². The van der Waals surface area contributed by atoms with E-state index in [4.69, 9.17) is 4.74 Å². The summed E-state index contributed by atoms with van der Waals surface area (Å²) in [6.07, 6.45) is 1.07. The monoisotopic (exact) mass is 331 g/mol. The lowest BCUT2D eigenvalue weighted by atomic mass is 10.2. The number of aromatic nitrogens is 1.